The molecule has 0 saturated carbocycles. The number of benzene rings is 2. The Bertz CT molecular complexity index is 832. The van der Waals surface area contributed by atoms with E-state index in [4.69, 9.17) is 11.6 Å². The minimum absolute atomic E-state index is 0.148. The highest BCUT2D eigenvalue weighted by atomic mass is 35.5. The molecule has 2 aromatic carbocycles. The molecule has 1 atom stereocenters. The Morgan fingerprint density at radius 1 is 1.08 bits per heavy atom. The molecule has 1 fully saturated rings. The number of carbonyl (C=O) groups excluding carboxylic acids is 3. The Morgan fingerprint density at radius 3 is 2.31 bits per heavy atom. The van der Waals surface area contributed by atoms with E-state index >= 15 is 0 Å². The topological polar surface area (TPSA) is 66.5 Å². The van der Waals surface area contributed by atoms with Crippen molar-refractivity contribution in [2.45, 2.75) is 32.4 Å². The summed E-state index contributed by atoms with van der Waals surface area (Å²) in [6.07, 6.45) is 0.554. The van der Waals surface area contributed by atoms with E-state index in [-0.39, 0.29) is 43.1 Å². The molecular formula is C20H19ClN2O3. The Balaban J connectivity index is 1.64. The van der Waals surface area contributed by atoms with Gasteiger partial charge in [-0.3, -0.25) is 19.3 Å². The molecule has 1 N–H and O–H groups in total. The highest BCUT2D eigenvalue weighted by Gasteiger charge is 2.28. The zero-order valence-corrected chi connectivity index (χ0v) is 15.1. The number of halogens is 1. The fourth-order valence-electron chi connectivity index (χ4n) is 2.93. The monoisotopic (exact) mass is 370 g/mol. The summed E-state index contributed by atoms with van der Waals surface area (Å²) in [6, 6.07) is 14.0. The van der Waals surface area contributed by atoms with Crippen LogP contribution >= 0.6 is 11.6 Å². The highest BCUT2D eigenvalue weighted by molar-refractivity contribution is 6.31. The lowest BCUT2D eigenvalue weighted by molar-refractivity contribution is -0.139. The third-order valence-electron chi connectivity index (χ3n) is 4.43. The Kier molecular flexibility index (Phi) is 5.38. The molecule has 3 amide bonds. The van der Waals surface area contributed by atoms with Gasteiger partial charge in [0.1, 0.15) is 0 Å². The number of rotatable bonds is 5. The van der Waals surface area contributed by atoms with Gasteiger partial charge in [0, 0.05) is 23.4 Å². The minimum atomic E-state index is -0.226. The van der Waals surface area contributed by atoms with E-state index in [2.05, 4.69) is 5.32 Å². The van der Waals surface area contributed by atoms with Gasteiger partial charge < -0.3 is 5.32 Å². The quantitative estimate of drug-likeness (QED) is 0.819. The summed E-state index contributed by atoms with van der Waals surface area (Å²) in [5.41, 5.74) is 2.17. The summed E-state index contributed by atoms with van der Waals surface area (Å²) in [4.78, 5) is 37.0. The molecule has 0 aromatic heterocycles. The number of nitrogens with one attached hydrogen (secondary N) is 1. The molecule has 1 saturated heterocycles. The molecule has 0 radical (unpaired) electrons. The van der Waals surface area contributed by atoms with Gasteiger partial charge in [-0.1, -0.05) is 41.9 Å². The normalized spacial score (nSPS) is 15.2. The molecule has 0 bridgehead atoms. The van der Waals surface area contributed by atoms with Crippen molar-refractivity contribution < 1.29 is 14.4 Å². The second-order valence-corrected chi connectivity index (χ2v) is 6.69. The van der Waals surface area contributed by atoms with Crippen LogP contribution in [0.4, 0.5) is 0 Å². The SMILES string of the molecule is C[C@H](NC(=O)c1ccc(CN2C(=O)CCC2=O)cc1)c1ccccc1Cl. The second kappa shape index (κ2) is 7.70. The van der Waals surface area contributed by atoms with Crippen molar-refractivity contribution in [2.24, 2.45) is 0 Å². The first-order valence-electron chi connectivity index (χ1n) is 8.43. The van der Waals surface area contributed by atoms with Crippen LogP contribution in [-0.2, 0) is 16.1 Å². The van der Waals surface area contributed by atoms with Crippen molar-refractivity contribution in [2.75, 3.05) is 0 Å². The lowest BCUT2D eigenvalue weighted by Gasteiger charge is -2.16. The van der Waals surface area contributed by atoms with Crippen LogP contribution in [0.2, 0.25) is 5.02 Å². The number of amides is 3. The molecule has 134 valence electrons. The van der Waals surface area contributed by atoms with E-state index in [9.17, 15) is 14.4 Å². The predicted molar refractivity (Wildman–Crippen MR) is 98.6 cm³/mol. The molecular weight excluding hydrogens is 352 g/mol. The van der Waals surface area contributed by atoms with Crippen molar-refractivity contribution in [1.29, 1.82) is 0 Å². The summed E-state index contributed by atoms with van der Waals surface area (Å²) < 4.78 is 0. The third kappa shape index (κ3) is 3.94. The first-order chi connectivity index (χ1) is 12.5. The first-order valence-corrected chi connectivity index (χ1v) is 8.81. The van der Waals surface area contributed by atoms with Crippen LogP contribution in [0.25, 0.3) is 0 Å². The molecule has 0 aliphatic carbocycles. The van der Waals surface area contributed by atoms with Crippen LogP contribution in [-0.4, -0.2) is 22.6 Å². The molecule has 0 spiro atoms. The average molecular weight is 371 g/mol. The summed E-state index contributed by atoms with van der Waals surface area (Å²) in [5.74, 6) is -0.506. The van der Waals surface area contributed by atoms with Crippen molar-refractivity contribution in [1.82, 2.24) is 10.2 Å². The van der Waals surface area contributed by atoms with Crippen LogP contribution < -0.4 is 5.32 Å². The van der Waals surface area contributed by atoms with Crippen LogP contribution in [0.3, 0.4) is 0 Å². The summed E-state index contributed by atoms with van der Waals surface area (Å²) in [7, 11) is 0. The molecule has 5 nitrogen and oxygen atoms in total. The number of hydrogen-bond acceptors (Lipinski definition) is 3. The number of hydrogen-bond donors (Lipinski definition) is 1. The van der Waals surface area contributed by atoms with Gasteiger partial charge in [-0.25, -0.2) is 0 Å². The maximum atomic E-state index is 12.4. The van der Waals surface area contributed by atoms with Crippen LogP contribution in [0.1, 0.15) is 47.3 Å². The van der Waals surface area contributed by atoms with Crippen molar-refractivity contribution >= 4 is 29.3 Å². The second-order valence-electron chi connectivity index (χ2n) is 6.29. The van der Waals surface area contributed by atoms with E-state index in [0.717, 1.165) is 11.1 Å². The first kappa shape index (κ1) is 18.1. The van der Waals surface area contributed by atoms with Gasteiger partial charge in [0.2, 0.25) is 11.8 Å². The smallest absolute Gasteiger partial charge is 0.251 e. The van der Waals surface area contributed by atoms with Crippen molar-refractivity contribution in [3.63, 3.8) is 0 Å². The molecule has 0 unspecified atom stereocenters. The number of nitrogens with zero attached hydrogens (tertiary/aromatic N) is 1. The van der Waals surface area contributed by atoms with E-state index in [1.54, 1.807) is 30.3 Å². The predicted octanol–water partition coefficient (Wildman–Crippen LogP) is 3.48. The van der Waals surface area contributed by atoms with Crippen LogP contribution in [0, 0.1) is 0 Å². The lowest BCUT2D eigenvalue weighted by Crippen LogP contribution is -2.28. The van der Waals surface area contributed by atoms with Gasteiger partial charge in [-0.2, -0.15) is 0 Å². The third-order valence-corrected chi connectivity index (χ3v) is 4.78. The summed E-state index contributed by atoms with van der Waals surface area (Å²) in [6.45, 7) is 2.12. The van der Waals surface area contributed by atoms with Gasteiger partial charge in [0.05, 0.1) is 12.6 Å². The van der Waals surface area contributed by atoms with E-state index in [1.165, 1.54) is 4.90 Å². The molecule has 2 aromatic rings. The Hall–Kier alpha value is -2.66. The highest BCUT2D eigenvalue weighted by Crippen LogP contribution is 2.22. The van der Waals surface area contributed by atoms with E-state index < -0.39 is 0 Å². The van der Waals surface area contributed by atoms with Gasteiger partial charge in [0.15, 0.2) is 0 Å². The van der Waals surface area contributed by atoms with E-state index in [0.29, 0.717) is 10.6 Å². The largest absolute Gasteiger partial charge is 0.345 e. The van der Waals surface area contributed by atoms with Gasteiger partial charge >= 0.3 is 0 Å². The zero-order chi connectivity index (χ0) is 18.7. The van der Waals surface area contributed by atoms with Crippen molar-refractivity contribution in [3.05, 3.63) is 70.2 Å². The molecule has 1 aliphatic heterocycles. The fraction of sp³-hybridized carbons (Fsp3) is 0.250. The minimum Gasteiger partial charge on any atom is -0.345 e. The maximum Gasteiger partial charge on any atom is 0.251 e. The van der Waals surface area contributed by atoms with Gasteiger partial charge in [-0.05, 0) is 36.2 Å². The van der Waals surface area contributed by atoms with Gasteiger partial charge in [0.25, 0.3) is 5.91 Å². The van der Waals surface area contributed by atoms with Crippen LogP contribution in [0.5, 0.6) is 0 Å². The standard InChI is InChI=1S/C20H19ClN2O3/c1-13(16-4-2-3-5-17(16)21)22-20(26)15-8-6-14(7-9-15)12-23-18(24)10-11-19(23)25/h2-9,13H,10-12H2,1H3,(H,22,26)/t13-/m0/s1. The Morgan fingerprint density at radius 2 is 1.69 bits per heavy atom. The molecule has 26 heavy (non-hydrogen) atoms. The lowest BCUT2D eigenvalue weighted by atomic mass is 10.1. The number of likely N-dealkylation sites (tertiary alicyclic amines) is 1. The molecule has 6 heteroatoms. The van der Waals surface area contributed by atoms with Gasteiger partial charge in [-0.15, -0.1) is 0 Å². The molecule has 1 heterocycles. The Labute approximate surface area is 156 Å². The fourth-order valence-corrected chi connectivity index (χ4v) is 3.23. The van der Waals surface area contributed by atoms with E-state index in [1.807, 2.05) is 25.1 Å². The zero-order valence-electron chi connectivity index (χ0n) is 14.4. The number of imide groups is 1. The molecule has 1 aliphatic rings. The van der Waals surface area contributed by atoms with Crippen molar-refractivity contribution in [3.8, 4) is 0 Å². The number of carbonyl (C=O) groups is 3. The van der Waals surface area contributed by atoms with Crippen LogP contribution in [0.15, 0.2) is 48.5 Å². The molecule has 3 rings (SSSR count). The summed E-state index contributed by atoms with van der Waals surface area (Å²) in [5, 5.41) is 3.52. The summed E-state index contributed by atoms with van der Waals surface area (Å²) >= 11 is 6.16. The maximum absolute atomic E-state index is 12.4. The average Bonchev–Trinajstić information content (AvgIpc) is 2.94.